The summed E-state index contributed by atoms with van der Waals surface area (Å²) in [5.41, 5.74) is 8.80. The lowest BCUT2D eigenvalue weighted by Crippen LogP contribution is -2.24. The Balaban J connectivity index is 1.15. The van der Waals surface area contributed by atoms with Crippen molar-refractivity contribution in [3.8, 4) is 24.3 Å². The predicted molar refractivity (Wildman–Crippen MR) is 198 cm³/mol. The van der Waals surface area contributed by atoms with Crippen LogP contribution in [0.25, 0.3) is 0 Å². The maximum Gasteiger partial charge on any atom is 0.0992 e. The summed E-state index contributed by atoms with van der Waals surface area (Å²) in [5, 5.41) is 37.6. The first-order valence-electron chi connectivity index (χ1n) is 17.2. The van der Waals surface area contributed by atoms with Crippen LogP contribution in [-0.2, 0) is 52.1 Å². The molecule has 0 fully saturated rings. The van der Waals surface area contributed by atoms with E-state index in [9.17, 15) is 21.0 Å². The fourth-order valence-electron chi connectivity index (χ4n) is 6.02. The van der Waals surface area contributed by atoms with Crippen LogP contribution in [0.2, 0.25) is 0 Å². The zero-order valence-electron chi connectivity index (χ0n) is 29.4. The summed E-state index contributed by atoms with van der Waals surface area (Å²) >= 11 is 0. The molecule has 0 aliphatic rings. The molecule has 0 spiro atoms. The molecule has 6 aromatic rings. The number of rotatable bonds is 15. The average Bonchev–Trinajstić information content (AvgIpc) is 3.20. The smallest absolute Gasteiger partial charge is 0.0992 e. The van der Waals surface area contributed by atoms with Gasteiger partial charge in [-0.05, 0) is 85.6 Å². The van der Waals surface area contributed by atoms with Crippen LogP contribution < -0.4 is 0 Å². The minimum absolute atomic E-state index is 0.466. The van der Waals surface area contributed by atoms with E-state index in [0.29, 0.717) is 74.4 Å². The number of aryl methyl sites for hydroxylation is 2. The van der Waals surface area contributed by atoms with E-state index < -0.39 is 0 Å². The van der Waals surface area contributed by atoms with E-state index >= 15 is 0 Å². The van der Waals surface area contributed by atoms with Crippen LogP contribution in [0.1, 0.15) is 67.8 Å². The second-order valence-corrected chi connectivity index (χ2v) is 12.6. The summed E-state index contributed by atoms with van der Waals surface area (Å²) in [6.07, 6.45) is 7.91. The largest absolute Gasteiger partial charge is 0.286 e. The van der Waals surface area contributed by atoms with Crippen molar-refractivity contribution >= 4 is 0 Å². The van der Waals surface area contributed by atoms with E-state index in [1.165, 1.54) is 0 Å². The van der Waals surface area contributed by atoms with E-state index in [1.54, 1.807) is 73.3 Å². The van der Waals surface area contributed by atoms with Gasteiger partial charge < -0.3 is 0 Å². The summed E-state index contributed by atoms with van der Waals surface area (Å²) < 4.78 is 0. The monoisotopic (exact) mass is 706 g/mol. The second kappa shape index (κ2) is 18.3. The third kappa shape index (κ3) is 10.6. The van der Waals surface area contributed by atoms with Gasteiger partial charge in [0, 0.05) is 75.4 Å². The fraction of sp³-hybridized carbons (Fsp3) is 0.190. The Morgan fingerprint density at radius 1 is 0.370 bits per heavy atom. The van der Waals surface area contributed by atoms with Crippen LogP contribution in [0, 0.1) is 45.3 Å². The number of nitrogens with zero attached hydrogens (tertiary/aromatic N) is 12. The van der Waals surface area contributed by atoms with Gasteiger partial charge in [0.25, 0.3) is 0 Å². The fourth-order valence-corrected chi connectivity index (χ4v) is 6.02. The average molecular weight is 707 g/mol. The minimum atomic E-state index is 0.466. The summed E-state index contributed by atoms with van der Waals surface area (Å²) in [6.45, 7) is 2.88. The van der Waals surface area contributed by atoms with Gasteiger partial charge in [0.1, 0.15) is 0 Å². The van der Waals surface area contributed by atoms with Crippen LogP contribution in [0.15, 0.2) is 110 Å². The van der Waals surface area contributed by atoms with Gasteiger partial charge >= 0.3 is 0 Å². The van der Waals surface area contributed by atoms with Crippen molar-refractivity contribution in [3.63, 3.8) is 0 Å². The van der Waals surface area contributed by atoms with Crippen molar-refractivity contribution in [3.05, 3.63) is 178 Å². The van der Waals surface area contributed by atoms with E-state index in [0.717, 1.165) is 45.6 Å². The van der Waals surface area contributed by atoms with Crippen LogP contribution in [0.4, 0.5) is 0 Å². The molecule has 6 heterocycles. The van der Waals surface area contributed by atoms with Crippen molar-refractivity contribution in [1.82, 2.24) is 39.7 Å². The molecule has 6 aromatic heterocycles. The third-order valence-corrected chi connectivity index (χ3v) is 8.46. The van der Waals surface area contributed by atoms with Crippen LogP contribution in [-0.4, -0.2) is 39.7 Å². The molecule has 0 amide bonds. The standard InChI is InChI=1S/C42H34N12/c43-21-31-9-13-47-39(17-31)27-53(28-40-18-32(22-44)10-14-48-40)25-37-5-1-3-35(51-37)7-8-36-4-2-6-38(52-36)26-54(29-41-19-33(23-45)11-15-49-41)30-42-20-34(24-46)12-16-50-42/h1-6,9-20H,7-8,25-30H2. The number of nitriles is 4. The molecule has 6 rings (SSSR count). The molecule has 0 bridgehead atoms. The lowest BCUT2D eigenvalue weighted by molar-refractivity contribution is 0.238. The molecule has 0 aliphatic carbocycles. The van der Waals surface area contributed by atoms with Crippen molar-refractivity contribution in [2.24, 2.45) is 0 Å². The minimum Gasteiger partial charge on any atom is -0.286 e. The summed E-state index contributed by atoms with van der Waals surface area (Å²) in [4.78, 5) is 32.2. The Morgan fingerprint density at radius 3 is 0.944 bits per heavy atom. The first-order valence-corrected chi connectivity index (χ1v) is 17.2. The van der Waals surface area contributed by atoms with Gasteiger partial charge in [-0.25, -0.2) is 0 Å². The van der Waals surface area contributed by atoms with Gasteiger partial charge in [-0.3, -0.25) is 39.7 Å². The van der Waals surface area contributed by atoms with Crippen molar-refractivity contribution < 1.29 is 0 Å². The number of aromatic nitrogens is 6. The molecule has 0 unspecified atom stereocenters. The maximum absolute atomic E-state index is 9.41. The zero-order valence-corrected chi connectivity index (χ0v) is 29.4. The van der Waals surface area contributed by atoms with Gasteiger partial charge in [-0.15, -0.1) is 0 Å². The van der Waals surface area contributed by atoms with Crippen molar-refractivity contribution in [2.75, 3.05) is 0 Å². The number of hydrogen-bond acceptors (Lipinski definition) is 12. The van der Waals surface area contributed by atoms with E-state index in [1.807, 2.05) is 36.4 Å². The van der Waals surface area contributed by atoms with Gasteiger partial charge in [-0.2, -0.15) is 21.0 Å². The normalized spacial score (nSPS) is 10.7. The SMILES string of the molecule is N#Cc1ccnc(CN(Cc2cc(C#N)ccn2)Cc2cccc(CCc3cccc(CN(Cc4cc(C#N)ccn4)Cc4cc(C#N)ccn4)n3)n2)c1. The third-order valence-electron chi connectivity index (χ3n) is 8.46. The molecule has 0 atom stereocenters. The van der Waals surface area contributed by atoms with E-state index in [-0.39, 0.29) is 0 Å². The summed E-state index contributed by atoms with van der Waals surface area (Å²) in [7, 11) is 0. The Hall–Kier alpha value is -7.22. The highest BCUT2D eigenvalue weighted by Crippen LogP contribution is 2.16. The molecule has 0 saturated heterocycles. The molecule has 54 heavy (non-hydrogen) atoms. The molecule has 0 aliphatic heterocycles. The maximum atomic E-state index is 9.41. The van der Waals surface area contributed by atoms with Crippen LogP contribution in [0.5, 0.6) is 0 Å². The van der Waals surface area contributed by atoms with Crippen molar-refractivity contribution in [2.45, 2.75) is 52.1 Å². The molecular formula is C42H34N12. The molecule has 12 heteroatoms. The Bertz CT molecular complexity index is 2110. The first kappa shape index (κ1) is 36.6. The second-order valence-electron chi connectivity index (χ2n) is 12.6. The quantitative estimate of drug-likeness (QED) is 0.127. The first-order chi connectivity index (χ1) is 26.5. The molecule has 0 N–H and O–H groups in total. The lowest BCUT2D eigenvalue weighted by Gasteiger charge is -2.22. The predicted octanol–water partition coefficient (Wildman–Crippen LogP) is 5.73. The number of hydrogen-bond donors (Lipinski definition) is 0. The Morgan fingerprint density at radius 2 is 0.648 bits per heavy atom. The lowest BCUT2D eigenvalue weighted by atomic mass is 10.1. The van der Waals surface area contributed by atoms with Gasteiger partial charge in [0.2, 0.25) is 0 Å². The molecule has 0 aromatic carbocycles. The van der Waals surface area contributed by atoms with Crippen LogP contribution >= 0.6 is 0 Å². The van der Waals surface area contributed by atoms with E-state index in [2.05, 4.69) is 54.0 Å². The van der Waals surface area contributed by atoms with Gasteiger partial charge in [-0.1, -0.05) is 12.1 Å². The highest BCUT2D eigenvalue weighted by molar-refractivity contribution is 5.31. The van der Waals surface area contributed by atoms with E-state index in [4.69, 9.17) is 9.97 Å². The Kier molecular flexibility index (Phi) is 12.4. The number of pyridine rings is 6. The zero-order chi connectivity index (χ0) is 37.5. The molecule has 262 valence electrons. The molecule has 0 saturated carbocycles. The molecular weight excluding hydrogens is 673 g/mol. The van der Waals surface area contributed by atoms with Crippen LogP contribution in [0.3, 0.4) is 0 Å². The Labute approximate surface area is 314 Å². The summed E-state index contributed by atoms with van der Waals surface area (Å²) in [5.74, 6) is 0. The summed E-state index contributed by atoms with van der Waals surface area (Å²) in [6, 6.07) is 34.6. The topological polar surface area (TPSA) is 179 Å². The molecule has 0 radical (unpaired) electrons. The molecule has 12 nitrogen and oxygen atoms in total. The highest BCUT2D eigenvalue weighted by Gasteiger charge is 2.15. The van der Waals surface area contributed by atoms with Crippen molar-refractivity contribution in [1.29, 1.82) is 21.0 Å². The van der Waals surface area contributed by atoms with Gasteiger partial charge in [0.15, 0.2) is 0 Å². The van der Waals surface area contributed by atoms with Gasteiger partial charge in [0.05, 0.1) is 80.7 Å². The highest BCUT2D eigenvalue weighted by atomic mass is 15.2.